The fraction of sp³-hybridized carbons (Fsp3) is 0. The highest BCUT2D eigenvalue weighted by Crippen LogP contribution is 2.43. The lowest BCUT2D eigenvalue weighted by Crippen LogP contribution is -2.09. The van der Waals surface area contributed by atoms with Gasteiger partial charge in [-0.05, 0) is 106 Å². The van der Waals surface area contributed by atoms with E-state index in [0.29, 0.717) is 0 Å². The number of rotatable bonds is 8. The van der Waals surface area contributed by atoms with Crippen molar-refractivity contribution >= 4 is 60.7 Å². The van der Waals surface area contributed by atoms with E-state index in [1.54, 1.807) is 0 Å². The summed E-state index contributed by atoms with van der Waals surface area (Å²) in [6, 6.07) is 89.9. The van der Waals surface area contributed by atoms with Gasteiger partial charge in [0.2, 0.25) is 0 Å². The van der Waals surface area contributed by atoms with Gasteiger partial charge >= 0.3 is 0 Å². The minimum absolute atomic E-state index is 1.11. The van der Waals surface area contributed by atoms with Crippen molar-refractivity contribution < 1.29 is 0 Å². The van der Waals surface area contributed by atoms with Crippen LogP contribution < -0.4 is 4.90 Å². The zero-order valence-electron chi connectivity index (χ0n) is 34.5. The number of nitrogens with zero attached hydrogens (tertiary/aromatic N) is 3. The molecule has 12 aromatic rings. The van der Waals surface area contributed by atoms with Crippen LogP contribution in [0, 0.1) is 0 Å². The van der Waals surface area contributed by atoms with Crippen LogP contribution in [-0.4, -0.2) is 9.13 Å². The maximum atomic E-state index is 2.48. The Morgan fingerprint density at radius 3 is 1.16 bits per heavy atom. The lowest BCUT2D eigenvalue weighted by Gasteiger charge is -2.25. The molecule has 12 rings (SSSR count). The highest BCUT2D eigenvalue weighted by molar-refractivity contribution is 6.23. The van der Waals surface area contributed by atoms with E-state index in [9.17, 15) is 0 Å². The van der Waals surface area contributed by atoms with Gasteiger partial charge in [0.25, 0.3) is 0 Å². The molecule has 10 aromatic carbocycles. The van der Waals surface area contributed by atoms with Crippen molar-refractivity contribution in [3.8, 4) is 44.8 Å². The molecule has 296 valence electrons. The standard InChI is InChI=1S/C60H41N3/c1-4-15-42(16-5-1)43-27-29-46(30-28-43)47-17-14-22-52(41-47)63-58-26-13-11-24-54(58)56-40-39-55-53-23-10-12-25-57(53)62(59(55)60(56)63)51-37-33-45(34-38-51)44-31-35-50(36-32-44)61(48-18-6-2-7-19-48)49-20-8-3-9-21-49/h1-41H. The summed E-state index contributed by atoms with van der Waals surface area (Å²) in [5.74, 6) is 0. The van der Waals surface area contributed by atoms with E-state index in [4.69, 9.17) is 0 Å². The molecule has 3 heteroatoms. The van der Waals surface area contributed by atoms with Gasteiger partial charge in [-0.1, -0.05) is 176 Å². The van der Waals surface area contributed by atoms with Crippen molar-refractivity contribution in [1.82, 2.24) is 9.13 Å². The van der Waals surface area contributed by atoms with Crippen molar-refractivity contribution in [3.05, 3.63) is 249 Å². The molecule has 0 aliphatic rings. The lowest BCUT2D eigenvalue weighted by molar-refractivity contribution is 1.15. The average Bonchev–Trinajstić information content (AvgIpc) is 3.89. The second-order valence-corrected chi connectivity index (χ2v) is 16.2. The molecule has 0 spiro atoms. The zero-order chi connectivity index (χ0) is 41.7. The van der Waals surface area contributed by atoms with Gasteiger partial charge in [0.05, 0.1) is 22.1 Å². The van der Waals surface area contributed by atoms with Crippen LogP contribution in [0.15, 0.2) is 249 Å². The second kappa shape index (κ2) is 15.3. The van der Waals surface area contributed by atoms with Crippen LogP contribution in [-0.2, 0) is 0 Å². The van der Waals surface area contributed by atoms with Crippen LogP contribution in [0.2, 0.25) is 0 Å². The molecule has 0 saturated heterocycles. The Kier molecular flexibility index (Phi) is 8.83. The quantitative estimate of drug-likeness (QED) is 0.149. The van der Waals surface area contributed by atoms with Crippen LogP contribution in [0.4, 0.5) is 17.1 Å². The van der Waals surface area contributed by atoms with Gasteiger partial charge in [0.1, 0.15) is 0 Å². The Hall–Kier alpha value is -8.40. The van der Waals surface area contributed by atoms with Gasteiger partial charge in [-0.25, -0.2) is 0 Å². The van der Waals surface area contributed by atoms with E-state index < -0.39 is 0 Å². The minimum Gasteiger partial charge on any atom is -0.311 e. The third kappa shape index (κ3) is 6.29. The van der Waals surface area contributed by atoms with E-state index in [2.05, 4.69) is 263 Å². The zero-order valence-corrected chi connectivity index (χ0v) is 34.5. The van der Waals surface area contributed by atoms with Crippen molar-refractivity contribution in [2.75, 3.05) is 4.90 Å². The summed E-state index contributed by atoms with van der Waals surface area (Å²) < 4.78 is 4.95. The topological polar surface area (TPSA) is 13.1 Å². The Balaban J connectivity index is 0.980. The molecule has 0 unspecified atom stereocenters. The molecule has 3 nitrogen and oxygen atoms in total. The number of hydrogen-bond donors (Lipinski definition) is 0. The molecular weight excluding hydrogens is 763 g/mol. The van der Waals surface area contributed by atoms with E-state index in [0.717, 1.165) is 28.4 Å². The predicted octanol–water partition coefficient (Wildman–Crippen LogP) is 16.4. The Morgan fingerprint density at radius 1 is 0.238 bits per heavy atom. The van der Waals surface area contributed by atoms with E-state index >= 15 is 0 Å². The molecule has 0 fully saturated rings. The number of aromatic nitrogens is 2. The third-order valence-corrected chi connectivity index (χ3v) is 12.5. The average molecular weight is 804 g/mol. The molecule has 2 heterocycles. The molecule has 0 bridgehead atoms. The number of para-hydroxylation sites is 4. The number of anilines is 3. The summed E-state index contributed by atoms with van der Waals surface area (Å²) in [5, 5.41) is 4.94. The van der Waals surface area contributed by atoms with Gasteiger partial charge in [-0.3, -0.25) is 0 Å². The molecule has 0 saturated carbocycles. The fourth-order valence-electron chi connectivity index (χ4n) is 9.55. The molecular formula is C60H41N3. The first-order valence-electron chi connectivity index (χ1n) is 21.6. The first-order valence-corrected chi connectivity index (χ1v) is 21.6. The summed E-state index contributed by atoms with van der Waals surface area (Å²) in [6.07, 6.45) is 0. The highest BCUT2D eigenvalue weighted by atomic mass is 15.1. The monoisotopic (exact) mass is 803 g/mol. The van der Waals surface area contributed by atoms with Crippen molar-refractivity contribution in [2.24, 2.45) is 0 Å². The molecule has 2 aromatic heterocycles. The summed E-state index contributed by atoms with van der Waals surface area (Å²) in [4.78, 5) is 2.30. The number of hydrogen-bond acceptors (Lipinski definition) is 1. The van der Waals surface area contributed by atoms with Crippen LogP contribution in [0.5, 0.6) is 0 Å². The van der Waals surface area contributed by atoms with E-state index in [1.807, 2.05) is 0 Å². The first kappa shape index (κ1) is 36.5. The highest BCUT2D eigenvalue weighted by Gasteiger charge is 2.21. The minimum atomic E-state index is 1.11. The maximum Gasteiger partial charge on any atom is 0.0788 e. The normalized spacial score (nSPS) is 11.5. The van der Waals surface area contributed by atoms with E-state index in [-0.39, 0.29) is 0 Å². The Labute approximate surface area is 366 Å². The molecule has 0 atom stereocenters. The molecule has 0 aliphatic carbocycles. The van der Waals surface area contributed by atoms with Crippen LogP contribution in [0.3, 0.4) is 0 Å². The molecule has 0 radical (unpaired) electrons. The molecule has 63 heavy (non-hydrogen) atoms. The second-order valence-electron chi connectivity index (χ2n) is 16.2. The van der Waals surface area contributed by atoms with E-state index in [1.165, 1.54) is 77.0 Å². The fourth-order valence-corrected chi connectivity index (χ4v) is 9.55. The molecule has 0 amide bonds. The predicted molar refractivity (Wildman–Crippen MR) is 266 cm³/mol. The molecule has 0 N–H and O–H groups in total. The smallest absolute Gasteiger partial charge is 0.0788 e. The van der Waals surface area contributed by atoms with Crippen molar-refractivity contribution in [1.29, 1.82) is 0 Å². The Bertz CT molecular complexity index is 3530. The largest absolute Gasteiger partial charge is 0.311 e. The van der Waals surface area contributed by atoms with Crippen LogP contribution >= 0.6 is 0 Å². The van der Waals surface area contributed by atoms with Gasteiger partial charge in [0.15, 0.2) is 0 Å². The number of fused-ring (bicyclic) bond motifs is 7. The van der Waals surface area contributed by atoms with Crippen LogP contribution in [0.1, 0.15) is 0 Å². The van der Waals surface area contributed by atoms with Gasteiger partial charge in [-0.15, -0.1) is 0 Å². The van der Waals surface area contributed by atoms with Crippen molar-refractivity contribution in [2.45, 2.75) is 0 Å². The SMILES string of the molecule is c1ccc(-c2ccc(-c3cccc(-n4c5ccccc5c5ccc6c7ccccc7n(-c7ccc(-c8ccc(N(c9ccccc9)c9ccccc9)cc8)cc7)c6c54)c3)cc2)cc1. The lowest BCUT2D eigenvalue weighted by atomic mass is 10.00. The molecule has 0 aliphatic heterocycles. The summed E-state index contributed by atoms with van der Waals surface area (Å²) in [7, 11) is 0. The number of benzene rings is 10. The Morgan fingerprint density at radius 2 is 0.619 bits per heavy atom. The van der Waals surface area contributed by atoms with Crippen LogP contribution in [0.25, 0.3) is 88.4 Å². The summed E-state index contributed by atoms with van der Waals surface area (Å²) >= 11 is 0. The first-order chi connectivity index (χ1) is 31.3. The van der Waals surface area contributed by atoms with Gasteiger partial charge in [0, 0.05) is 50.0 Å². The van der Waals surface area contributed by atoms with Gasteiger partial charge < -0.3 is 14.0 Å². The summed E-state index contributed by atoms with van der Waals surface area (Å²) in [5.41, 5.74) is 17.5. The van der Waals surface area contributed by atoms with Crippen molar-refractivity contribution in [3.63, 3.8) is 0 Å². The van der Waals surface area contributed by atoms with Gasteiger partial charge in [-0.2, -0.15) is 0 Å². The third-order valence-electron chi connectivity index (χ3n) is 12.5. The maximum absolute atomic E-state index is 2.48. The summed E-state index contributed by atoms with van der Waals surface area (Å²) in [6.45, 7) is 0.